The number of rotatable bonds is 4. The zero-order valence-electron chi connectivity index (χ0n) is 14.8. The lowest BCUT2D eigenvalue weighted by Gasteiger charge is -2.41. The number of para-hydroxylation sites is 1. The Kier molecular flexibility index (Phi) is 6.49. The summed E-state index contributed by atoms with van der Waals surface area (Å²) in [6, 6.07) is 18.4. The molecule has 25 heavy (non-hydrogen) atoms. The molecular weight excluding hydrogens is 332 g/mol. The van der Waals surface area contributed by atoms with Crippen LogP contribution in [0.15, 0.2) is 54.6 Å². The van der Waals surface area contributed by atoms with Crippen molar-refractivity contribution in [1.82, 2.24) is 4.90 Å². The molecule has 1 atom stereocenters. The third-order valence-corrected chi connectivity index (χ3v) is 5.18. The Balaban J connectivity index is 0.00000225. The SMILES string of the molecule is CC1(c2ccccc2)CCCN(C(=O)CCc2ccccc2N)C1.Cl. The number of benzene rings is 2. The summed E-state index contributed by atoms with van der Waals surface area (Å²) in [6.07, 6.45) is 3.43. The fraction of sp³-hybridized carbons (Fsp3) is 0.381. The second-order valence-electron chi connectivity index (χ2n) is 7.04. The maximum Gasteiger partial charge on any atom is 0.222 e. The number of nitrogens with two attached hydrogens (primary N) is 1. The molecule has 0 spiro atoms. The minimum atomic E-state index is 0. The molecule has 2 aromatic rings. The van der Waals surface area contributed by atoms with E-state index in [-0.39, 0.29) is 23.7 Å². The van der Waals surface area contributed by atoms with Gasteiger partial charge in [-0.05, 0) is 36.5 Å². The molecule has 3 nitrogen and oxygen atoms in total. The van der Waals surface area contributed by atoms with Crippen LogP contribution in [0, 0.1) is 0 Å². The highest BCUT2D eigenvalue weighted by molar-refractivity contribution is 5.85. The lowest BCUT2D eigenvalue weighted by Crippen LogP contribution is -2.47. The van der Waals surface area contributed by atoms with Gasteiger partial charge in [0.25, 0.3) is 0 Å². The first-order valence-electron chi connectivity index (χ1n) is 8.75. The summed E-state index contributed by atoms with van der Waals surface area (Å²) < 4.78 is 0. The molecule has 0 aromatic heterocycles. The molecule has 0 aliphatic carbocycles. The highest BCUT2D eigenvalue weighted by Crippen LogP contribution is 2.33. The standard InChI is InChI=1S/C21H26N2O.ClH/c1-21(18-9-3-2-4-10-18)14-7-15-23(16-21)20(24)13-12-17-8-5-6-11-19(17)22;/h2-6,8-11H,7,12-16,22H2,1H3;1H. The summed E-state index contributed by atoms with van der Waals surface area (Å²) in [7, 11) is 0. The number of carbonyl (C=O) groups excluding carboxylic acids is 1. The van der Waals surface area contributed by atoms with Crippen molar-refractivity contribution in [3.8, 4) is 0 Å². The third kappa shape index (κ3) is 4.55. The summed E-state index contributed by atoms with van der Waals surface area (Å²) in [6.45, 7) is 3.95. The van der Waals surface area contributed by atoms with Crippen LogP contribution in [0.1, 0.15) is 37.3 Å². The van der Waals surface area contributed by atoms with Crippen molar-refractivity contribution in [2.24, 2.45) is 0 Å². The number of likely N-dealkylation sites (tertiary alicyclic amines) is 1. The maximum absolute atomic E-state index is 12.7. The average molecular weight is 359 g/mol. The van der Waals surface area contributed by atoms with Crippen molar-refractivity contribution in [1.29, 1.82) is 0 Å². The Labute approximate surface area is 156 Å². The maximum atomic E-state index is 12.7. The first kappa shape index (κ1) is 19.3. The number of nitrogen functional groups attached to an aromatic ring is 1. The second-order valence-corrected chi connectivity index (χ2v) is 7.04. The number of hydrogen-bond acceptors (Lipinski definition) is 2. The molecule has 2 N–H and O–H groups in total. The van der Waals surface area contributed by atoms with Crippen LogP contribution in [0.2, 0.25) is 0 Å². The van der Waals surface area contributed by atoms with Gasteiger partial charge in [0, 0.05) is 30.6 Å². The molecule has 0 saturated carbocycles. The number of amides is 1. The molecule has 0 bridgehead atoms. The van der Waals surface area contributed by atoms with Gasteiger partial charge in [-0.3, -0.25) is 4.79 Å². The Hall–Kier alpha value is -2.00. The van der Waals surface area contributed by atoms with E-state index in [9.17, 15) is 4.79 Å². The van der Waals surface area contributed by atoms with Gasteiger partial charge in [-0.15, -0.1) is 12.4 Å². The molecule has 1 saturated heterocycles. The number of aryl methyl sites for hydroxylation is 1. The summed E-state index contributed by atoms with van der Waals surface area (Å²) in [5.74, 6) is 0.236. The van der Waals surface area contributed by atoms with Gasteiger partial charge in [0.05, 0.1) is 0 Å². The van der Waals surface area contributed by atoms with Crippen molar-refractivity contribution in [2.75, 3.05) is 18.8 Å². The number of carbonyl (C=O) groups is 1. The molecular formula is C21H27ClN2O. The Morgan fingerprint density at radius 3 is 2.52 bits per heavy atom. The molecule has 1 fully saturated rings. The molecule has 4 heteroatoms. The van der Waals surface area contributed by atoms with Gasteiger partial charge in [-0.1, -0.05) is 55.5 Å². The average Bonchev–Trinajstić information content (AvgIpc) is 2.61. The van der Waals surface area contributed by atoms with Crippen molar-refractivity contribution < 1.29 is 4.79 Å². The number of halogens is 1. The second kappa shape index (κ2) is 8.39. The van der Waals surface area contributed by atoms with Crippen LogP contribution in [0.5, 0.6) is 0 Å². The Bertz CT molecular complexity index is 704. The van der Waals surface area contributed by atoms with Gasteiger partial charge in [-0.2, -0.15) is 0 Å². The zero-order valence-corrected chi connectivity index (χ0v) is 15.6. The lowest BCUT2D eigenvalue weighted by atomic mass is 9.76. The van der Waals surface area contributed by atoms with E-state index in [1.54, 1.807) is 0 Å². The van der Waals surface area contributed by atoms with Crippen LogP contribution in [0.3, 0.4) is 0 Å². The Morgan fingerprint density at radius 1 is 1.12 bits per heavy atom. The molecule has 1 amide bonds. The van der Waals surface area contributed by atoms with E-state index in [0.717, 1.165) is 37.2 Å². The smallest absolute Gasteiger partial charge is 0.222 e. The van der Waals surface area contributed by atoms with Crippen molar-refractivity contribution in [3.63, 3.8) is 0 Å². The van der Waals surface area contributed by atoms with Crippen molar-refractivity contribution >= 4 is 24.0 Å². The van der Waals surface area contributed by atoms with Gasteiger partial charge in [0.2, 0.25) is 5.91 Å². The summed E-state index contributed by atoms with van der Waals surface area (Å²) in [4.78, 5) is 14.7. The zero-order chi connectivity index (χ0) is 17.0. The topological polar surface area (TPSA) is 46.3 Å². The number of nitrogens with zero attached hydrogens (tertiary/aromatic N) is 1. The predicted molar refractivity (Wildman–Crippen MR) is 106 cm³/mol. The first-order chi connectivity index (χ1) is 11.6. The highest BCUT2D eigenvalue weighted by atomic mass is 35.5. The number of anilines is 1. The van der Waals surface area contributed by atoms with Crippen LogP contribution in [-0.4, -0.2) is 23.9 Å². The first-order valence-corrected chi connectivity index (χ1v) is 8.75. The van der Waals surface area contributed by atoms with Crippen LogP contribution >= 0.6 is 12.4 Å². The fourth-order valence-corrected chi connectivity index (χ4v) is 3.69. The van der Waals surface area contributed by atoms with Gasteiger partial charge in [0.1, 0.15) is 0 Å². The van der Waals surface area contributed by atoms with Crippen LogP contribution in [0.25, 0.3) is 0 Å². The molecule has 0 radical (unpaired) electrons. The largest absolute Gasteiger partial charge is 0.399 e. The third-order valence-electron chi connectivity index (χ3n) is 5.18. The normalized spacial score (nSPS) is 20.0. The molecule has 3 rings (SSSR count). The fourth-order valence-electron chi connectivity index (χ4n) is 3.69. The predicted octanol–water partition coefficient (Wildman–Crippen LogP) is 4.20. The van der Waals surface area contributed by atoms with Gasteiger partial charge < -0.3 is 10.6 Å². The Morgan fingerprint density at radius 2 is 1.80 bits per heavy atom. The lowest BCUT2D eigenvalue weighted by molar-refractivity contribution is -0.133. The van der Waals surface area contributed by atoms with Gasteiger partial charge in [-0.25, -0.2) is 0 Å². The van der Waals surface area contributed by atoms with E-state index >= 15 is 0 Å². The summed E-state index contributed by atoms with van der Waals surface area (Å²) >= 11 is 0. The minimum Gasteiger partial charge on any atom is -0.399 e. The van der Waals surface area contributed by atoms with Gasteiger partial charge >= 0.3 is 0 Å². The number of hydrogen-bond donors (Lipinski definition) is 1. The van der Waals surface area contributed by atoms with Crippen LogP contribution in [-0.2, 0) is 16.6 Å². The molecule has 1 unspecified atom stereocenters. The van der Waals surface area contributed by atoms with E-state index in [0.29, 0.717) is 12.8 Å². The van der Waals surface area contributed by atoms with Crippen LogP contribution < -0.4 is 5.73 Å². The van der Waals surface area contributed by atoms with Crippen molar-refractivity contribution in [3.05, 3.63) is 65.7 Å². The van der Waals surface area contributed by atoms with E-state index in [2.05, 4.69) is 31.2 Å². The summed E-state index contributed by atoms with van der Waals surface area (Å²) in [5, 5.41) is 0. The molecule has 1 heterocycles. The highest BCUT2D eigenvalue weighted by Gasteiger charge is 2.34. The number of piperidine rings is 1. The summed E-state index contributed by atoms with van der Waals surface area (Å²) in [5.41, 5.74) is 9.20. The van der Waals surface area contributed by atoms with E-state index in [4.69, 9.17) is 5.73 Å². The molecule has 1 aliphatic rings. The minimum absolute atomic E-state index is 0. The van der Waals surface area contributed by atoms with E-state index < -0.39 is 0 Å². The van der Waals surface area contributed by atoms with Gasteiger partial charge in [0.15, 0.2) is 0 Å². The molecule has 1 aliphatic heterocycles. The molecule has 2 aromatic carbocycles. The monoisotopic (exact) mass is 358 g/mol. The molecule has 134 valence electrons. The quantitative estimate of drug-likeness (QED) is 0.832. The van der Waals surface area contributed by atoms with E-state index in [1.807, 2.05) is 35.2 Å². The van der Waals surface area contributed by atoms with E-state index in [1.165, 1.54) is 5.56 Å². The van der Waals surface area contributed by atoms with Crippen molar-refractivity contribution in [2.45, 2.75) is 38.0 Å². The van der Waals surface area contributed by atoms with Crippen LogP contribution in [0.4, 0.5) is 5.69 Å².